The van der Waals surface area contributed by atoms with E-state index in [0.717, 1.165) is 0 Å². The molecule has 7 nitrogen and oxygen atoms in total. The molecule has 0 unspecified atom stereocenters. The maximum Gasteiger partial charge on any atom is 0.238 e. The number of hydrogen-bond donors (Lipinski definition) is 3. The number of nitrogens with two attached hydrogens (primary N) is 1. The summed E-state index contributed by atoms with van der Waals surface area (Å²) in [6, 6.07) is 5.73. The van der Waals surface area contributed by atoms with Gasteiger partial charge in [0.1, 0.15) is 0 Å². The first-order chi connectivity index (χ1) is 9.24. The molecule has 0 saturated carbocycles. The van der Waals surface area contributed by atoms with E-state index >= 15 is 0 Å². The van der Waals surface area contributed by atoms with Crippen LogP contribution in [0.15, 0.2) is 29.2 Å². The first-order valence-corrected chi connectivity index (χ1v) is 9.24. The van der Waals surface area contributed by atoms with Crippen molar-refractivity contribution in [3.8, 4) is 0 Å². The zero-order valence-electron chi connectivity index (χ0n) is 11.2. The first kappa shape index (κ1) is 17.1. The molecule has 1 aromatic rings. The quantitative estimate of drug-likeness (QED) is 0.551. The highest BCUT2D eigenvalue weighted by atomic mass is 32.2. The van der Waals surface area contributed by atoms with Crippen LogP contribution >= 0.6 is 0 Å². The number of primary sulfonamides is 1. The minimum atomic E-state index is -3.72. The molecule has 0 fully saturated rings. The van der Waals surface area contributed by atoms with Crippen LogP contribution in [0.3, 0.4) is 0 Å². The zero-order valence-corrected chi connectivity index (χ0v) is 12.8. The molecule has 0 atom stereocenters. The van der Waals surface area contributed by atoms with Crippen LogP contribution in [0.1, 0.15) is 12.5 Å². The molecule has 0 saturated heterocycles. The van der Waals surface area contributed by atoms with E-state index in [4.69, 9.17) is 5.14 Å². The third-order valence-electron chi connectivity index (χ3n) is 2.55. The summed E-state index contributed by atoms with van der Waals surface area (Å²) >= 11 is 0. The van der Waals surface area contributed by atoms with Gasteiger partial charge < -0.3 is 5.32 Å². The predicted molar refractivity (Wildman–Crippen MR) is 77.0 cm³/mol. The van der Waals surface area contributed by atoms with Crippen molar-refractivity contribution in [1.29, 1.82) is 0 Å². The molecule has 114 valence electrons. The van der Waals surface area contributed by atoms with E-state index in [0.29, 0.717) is 18.7 Å². The van der Waals surface area contributed by atoms with Crippen molar-refractivity contribution in [2.75, 3.05) is 18.8 Å². The van der Waals surface area contributed by atoms with E-state index in [1.807, 2.05) is 6.92 Å². The van der Waals surface area contributed by atoms with Crippen LogP contribution in [0, 0.1) is 0 Å². The van der Waals surface area contributed by atoms with E-state index in [9.17, 15) is 16.8 Å². The Labute approximate surface area is 119 Å². The molecule has 1 aromatic carbocycles. The maximum atomic E-state index is 11.6. The van der Waals surface area contributed by atoms with Gasteiger partial charge in [-0.15, -0.1) is 0 Å². The summed E-state index contributed by atoms with van der Waals surface area (Å²) in [5, 5.41) is 7.90. The highest BCUT2D eigenvalue weighted by Gasteiger charge is 2.10. The zero-order chi connectivity index (χ0) is 15.2. The number of sulfonamides is 2. The minimum absolute atomic E-state index is 0.00347. The van der Waals surface area contributed by atoms with E-state index in [-0.39, 0.29) is 17.2 Å². The molecule has 20 heavy (non-hydrogen) atoms. The number of benzene rings is 1. The highest BCUT2D eigenvalue weighted by Crippen LogP contribution is 2.08. The fourth-order valence-electron chi connectivity index (χ4n) is 1.45. The summed E-state index contributed by atoms with van der Waals surface area (Å²) in [4.78, 5) is -0.00347. The normalized spacial score (nSPS) is 12.5. The van der Waals surface area contributed by atoms with Gasteiger partial charge >= 0.3 is 0 Å². The van der Waals surface area contributed by atoms with Crippen LogP contribution in [0.4, 0.5) is 0 Å². The van der Waals surface area contributed by atoms with Crippen LogP contribution in [-0.2, 0) is 26.6 Å². The van der Waals surface area contributed by atoms with Gasteiger partial charge in [0.15, 0.2) is 0 Å². The molecule has 4 N–H and O–H groups in total. The summed E-state index contributed by atoms with van der Waals surface area (Å²) in [6.45, 7) is 3.10. The SMILES string of the molecule is CCNCCS(=O)(=O)NCc1ccc(S(N)(=O)=O)cc1. The van der Waals surface area contributed by atoms with Gasteiger partial charge in [-0.3, -0.25) is 0 Å². The predicted octanol–water partition coefficient (Wildman–Crippen LogP) is -0.637. The molecule has 0 heterocycles. The lowest BCUT2D eigenvalue weighted by molar-refractivity contribution is 0.577. The standard InChI is InChI=1S/C11H19N3O4S2/c1-2-13-7-8-19(15,16)14-9-10-3-5-11(6-4-10)20(12,17)18/h3-6,13-14H,2,7-9H2,1H3,(H2,12,17,18). The van der Waals surface area contributed by atoms with Gasteiger partial charge in [-0.2, -0.15) is 0 Å². The fourth-order valence-corrected chi connectivity index (χ4v) is 2.91. The molecule has 0 aromatic heterocycles. The lowest BCUT2D eigenvalue weighted by Crippen LogP contribution is -2.31. The monoisotopic (exact) mass is 321 g/mol. The third-order valence-corrected chi connectivity index (χ3v) is 4.80. The fraction of sp³-hybridized carbons (Fsp3) is 0.455. The van der Waals surface area contributed by atoms with Crippen molar-refractivity contribution in [2.24, 2.45) is 5.14 Å². The van der Waals surface area contributed by atoms with Crippen molar-refractivity contribution in [3.63, 3.8) is 0 Å². The largest absolute Gasteiger partial charge is 0.316 e. The minimum Gasteiger partial charge on any atom is -0.316 e. The second-order valence-corrected chi connectivity index (χ2v) is 7.67. The van der Waals surface area contributed by atoms with Crippen LogP contribution in [0.5, 0.6) is 0 Å². The Morgan fingerprint density at radius 1 is 1.10 bits per heavy atom. The molecule has 1 rings (SSSR count). The first-order valence-electron chi connectivity index (χ1n) is 6.04. The number of nitrogens with one attached hydrogen (secondary N) is 2. The average Bonchev–Trinajstić information content (AvgIpc) is 2.36. The Morgan fingerprint density at radius 2 is 1.70 bits per heavy atom. The number of rotatable bonds is 8. The van der Waals surface area contributed by atoms with Crippen molar-refractivity contribution < 1.29 is 16.8 Å². The van der Waals surface area contributed by atoms with E-state index < -0.39 is 20.0 Å². The van der Waals surface area contributed by atoms with E-state index in [1.165, 1.54) is 24.3 Å². The summed E-state index contributed by atoms with van der Waals surface area (Å²) < 4.78 is 47.9. The van der Waals surface area contributed by atoms with Gasteiger partial charge in [0.25, 0.3) is 0 Å². The molecule has 0 aliphatic heterocycles. The molecule has 9 heteroatoms. The van der Waals surface area contributed by atoms with Crippen molar-refractivity contribution >= 4 is 20.0 Å². The van der Waals surface area contributed by atoms with Gasteiger partial charge in [-0.05, 0) is 24.2 Å². The van der Waals surface area contributed by atoms with Crippen molar-refractivity contribution in [2.45, 2.75) is 18.4 Å². The summed E-state index contributed by atoms with van der Waals surface area (Å²) in [5.41, 5.74) is 0.657. The van der Waals surface area contributed by atoms with Crippen LogP contribution in [0.25, 0.3) is 0 Å². The van der Waals surface area contributed by atoms with Crippen LogP contribution in [0.2, 0.25) is 0 Å². The lowest BCUT2D eigenvalue weighted by atomic mass is 10.2. The molecular weight excluding hydrogens is 302 g/mol. The Bertz CT molecular complexity index is 624. The Hall–Kier alpha value is -1.00. The summed E-state index contributed by atoms with van der Waals surface area (Å²) in [6.07, 6.45) is 0. The molecule has 0 bridgehead atoms. The third kappa shape index (κ3) is 5.97. The van der Waals surface area contributed by atoms with E-state index in [2.05, 4.69) is 10.0 Å². The molecule has 0 aliphatic rings. The van der Waals surface area contributed by atoms with Crippen molar-refractivity contribution in [3.05, 3.63) is 29.8 Å². The van der Waals surface area contributed by atoms with Gasteiger partial charge in [0.2, 0.25) is 20.0 Å². The Balaban J connectivity index is 2.58. The topological polar surface area (TPSA) is 118 Å². The molecular formula is C11H19N3O4S2. The smallest absolute Gasteiger partial charge is 0.238 e. The molecule has 0 radical (unpaired) electrons. The van der Waals surface area contributed by atoms with Gasteiger partial charge in [-0.1, -0.05) is 19.1 Å². The Morgan fingerprint density at radius 3 is 2.20 bits per heavy atom. The van der Waals surface area contributed by atoms with Gasteiger partial charge in [0, 0.05) is 13.1 Å². The number of hydrogen-bond acceptors (Lipinski definition) is 5. The van der Waals surface area contributed by atoms with Crippen LogP contribution < -0.4 is 15.2 Å². The van der Waals surface area contributed by atoms with Crippen LogP contribution in [-0.4, -0.2) is 35.7 Å². The Kier molecular flexibility index (Phi) is 6.08. The average molecular weight is 321 g/mol. The van der Waals surface area contributed by atoms with Gasteiger partial charge in [-0.25, -0.2) is 26.7 Å². The second-order valence-electron chi connectivity index (χ2n) is 4.18. The summed E-state index contributed by atoms with van der Waals surface area (Å²) in [7, 11) is -7.07. The molecule has 0 spiro atoms. The van der Waals surface area contributed by atoms with Gasteiger partial charge in [0.05, 0.1) is 10.6 Å². The molecule has 0 amide bonds. The lowest BCUT2D eigenvalue weighted by Gasteiger charge is -2.07. The second kappa shape index (κ2) is 7.14. The molecule has 0 aliphatic carbocycles. The van der Waals surface area contributed by atoms with E-state index in [1.54, 1.807) is 0 Å². The highest BCUT2D eigenvalue weighted by molar-refractivity contribution is 7.89. The van der Waals surface area contributed by atoms with Crippen molar-refractivity contribution in [1.82, 2.24) is 10.0 Å². The maximum absolute atomic E-state index is 11.6. The summed E-state index contributed by atoms with van der Waals surface area (Å²) in [5.74, 6) is -0.00387.